The normalized spacial score (nSPS) is 10.7. The van der Waals surface area contributed by atoms with Crippen molar-refractivity contribution in [3.63, 3.8) is 0 Å². The van der Waals surface area contributed by atoms with E-state index in [-0.39, 0.29) is 24.8 Å². The topological polar surface area (TPSA) is 93.8 Å². The molecule has 0 saturated carbocycles. The Hall–Kier alpha value is -3.55. The second-order valence-corrected chi connectivity index (χ2v) is 6.62. The quantitative estimate of drug-likeness (QED) is 0.630. The molecular weight excluding hydrogens is 374 g/mol. The zero-order valence-electron chi connectivity index (χ0n) is 16.4. The second-order valence-electron chi connectivity index (χ2n) is 6.62. The summed E-state index contributed by atoms with van der Waals surface area (Å²) in [6.45, 7) is 0.302. The summed E-state index contributed by atoms with van der Waals surface area (Å²) >= 11 is 0. The van der Waals surface area contributed by atoms with Crippen LogP contribution < -0.4 is 15.8 Å². The number of aryl methyl sites for hydroxylation is 1. The van der Waals surface area contributed by atoms with E-state index in [9.17, 15) is 14.4 Å². The van der Waals surface area contributed by atoms with E-state index in [1.807, 2.05) is 6.07 Å². The van der Waals surface area contributed by atoms with Crippen LogP contribution in [0.15, 0.2) is 57.7 Å². The van der Waals surface area contributed by atoms with Crippen LogP contribution in [0, 0.1) is 0 Å². The molecule has 0 bridgehead atoms. The van der Waals surface area contributed by atoms with Crippen LogP contribution in [0.25, 0.3) is 11.1 Å². The van der Waals surface area contributed by atoms with Gasteiger partial charge in [0.25, 0.3) is 0 Å². The molecule has 0 aliphatic carbocycles. The van der Waals surface area contributed by atoms with Gasteiger partial charge in [0.1, 0.15) is 5.75 Å². The fourth-order valence-electron chi connectivity index (χ4n) is 3.01. The van der Waals surface area contributed by atoms with Crippen LogP contribution in [0.5, 0.6) is 5.75 Å². The third-order valence-electron chi connectivity index (χ3n) is 4.51. The Morgan fingerprint density at radius 2 is 1.97 bits per heavy atom. The maximum atomic E-state index is 12.3. The number of carbonyl (C=O) groups excluding carboxylic acids is 2. The first-order valence-corrected chi connectivity index (χ1v) is 9.24. The van der Waals surface area contributed by atoms with E-state index in [2.05, 4.69) is 5.32 Å². The van der Waals surface area contributed by atoms with Gasteiger partial charge in [-0.1, -0.05) is 18.2 Å². The van der Waals surface area contributed by atoms with Gasteiger partial charge in [0.2, 0.25) is 11.8 Å². The second kappa shape index (κ2) is 9.09. The third kappa shape index (κ3) is 5.04. The molecule has 8 nitrogen and oxygen atoms in total. The summed E-state index contributed by atoms with van der Waals surface area (Å²) in [6.07, 6.45) is 0.680. The van der Waals surface area contributed by atoms with Crippen LogP contribution in [0.4, 0.5) is 5.69 Å². The monoisotopic (exact) mass is 397 g/mol. The van der Waals surface area contributed by atoms with Gasteiger partial charge in [-0.25, -0.2) is 4.79 Å². The minimum Gasteiger partial charge on any atom is -0.497 e. The van der Waals surface area contributed by atoms with Gasteiger partial charge in [-0.05, 0) is 30.7 Å². The number of anilines is 1. The van der Waals surface area contributed by atoms with Crippen LogP contribution >= 0.6 is 0 Å². The molecule has 1 N–H and O–H groups in total. The molecule has 3 aromatic rings. The number of nitrogens with zero attached hydrogens (tertiary/aromatic N) is 2. The average Bonchev–Trinajstić information content (AvgIpc) is 3.03. The fraction of sp³-hybridized carbons (Fsp3) is 0.286. The van der Waals surface area contributed by atoms with Crippen molar-refractivity contribution in [2.24, 2.45) is 0 Å². The Morgan fingerprint density at radius 3 is 2.76 bits per heavy atom. The van der Waals surface area contributed by atoms with Crippen molar-refractivity contribution in [2.75, 3.05) is 26.0 Å². The van der Waals surface area contributed by atoms with Gasteiger partial charge in [0.15, 0.2) is 5.58 Å². The number of amides is 2. The lowest BCUT2D eigenvalue weighted by molar-refractivity contribution is -0.133. The van der Waals surface area contributed by atoms with Gasteiger partial charge >= 0.3 is 5.76 Å². The Labute approximate surface area is 167 Å². The van der Waals surface area contributed by atoms with Crippen molar-refractivity contribution in [2.45, 2.75) is 19.4 Å². The summed E-state index contributed by atoms with van der Waals surface area (Å²) in [4.78, 5) is 37.8. The molecule has 152 valence electrons. The molecule has 0 aliphatic heterocycles. The molecule has 0 saturated heterocycles. The van der Waals surface area contributed by atoms with E-state index in [4.69, 9.17) is 9.15 Å². The van der Waals surface area contributed by atoms with Gasteiger partial charge < -0.3 is 19.4 Å². The number of likely N-dealkylation sites (N-methyl/N-ethyl adjacent to an activating group) is 1. The van der Waals surface area contributed by atoms with Crippen molar-refractivity contribution >= 4 is 28.6 Å². The number of hydrogen-bond donors (Lipinski definition) is 1. The van der Waals surface area contributed by atoms with E-state index in [0.717, 1.165) is 0 Å². The molecule has 3 rings (SSSR count). The lowest BCUT2D eigenvalue weighted by Gasteiger charge is -2.17. The summed E-state index contributed by atoms with van der Waals surface area (Å²) in [5.41, 5.74) is 1.83. The standard InChI is InChI=1S/C21H23N3O5/c1-23(14-19(25)22-15-7-5-8-16(13-15)28-2)20(26)11-6-12-24-17-9-3-4-10-18(17)29-21(24)27/h3-5,7-10,13H,6,11-12,14H2,1-2H3,(H,22,25). The first kappa shape index (κ1) is 20.2. The highest BCUT2D eigenvalue weighted by Gasteiger charge is 2.14. The van der Waals surface area contributed by atoms with Crippen molar-refractivity contribution in [3.8, 4) is 5.75 Å². The van der Waals surface area contributed by atoms with Crippen LogP contribution in [0.2, 0.25) is 0 Å². The van der Waals surface area contributed by atoms with E-state index in [1.165, 1.54) is 9.47 Å². The van der Waals surface area contributed by atoms with Gasteiger partial charge in [0.05, 0.1) is 19.2 Å². The van der Waals surface area contributed by atoms with Crippen molar-refractivity contribution < 1.29 is 18.7 Å². The summed E-state index contributed by atoms with van der Waals surface area (Å²) in [6, 6.07) is 14.1. The van der Waals surface area contributed by atoms with E-state index >= 15 is 0 Å². The van der Waals surface area contributed by atoms with Crippen molar-refractivity contribution in [3.05, 3.63) is 59.1 Å². The lowest BCUT2D eigenvalue weighted by atomic mass is 10.2. The van der Waals surface area contributed by atoms with Crippen LogP contribution in [0.1, 0.15) is 12.8 Å². The van der Waals surface area contributed by atoms with Gasteiger partial charge in [-0.3, -0.25) is 14.2 Å². The first-order valence-electron chi connectivity index (χ1n) is 9.24. The number of fused-ring (bicyclic) bond motifs is 1. The van der Waals surface area contributed by atoms with Crippen LogP contribution in [-0.4, -0.2) is 42.0 Å². The summed E-state index contributed by atoms with van der Waals surface area (Å²) in [5, 5.41) is 2.74. The molecule has 1 aromatic heterocycles. The summed E-state index contributed by atoms with van der Waals surface area (Å²) < 4.78 is 11.8. The Bertz CT molecular complexity index is 1070. The zero-order chi connectivity index (χ0) is 20.8. The van der Waals surface area contributed by atoms with E-state index in [1.54, 1.807) is 56.6 Å². The number of nitrogens with one attached hydrogen (secondary N) is 1. The highest BCUT2D eigenvalue weighted by molar-refractivity contribution is 5.94. The zero-order valence-corrected chi connectivity index (χ0v) is 16.4. The molecule has 0 fully saturated rings. The fourth-order valence-corrected chi connectivity index (χ4v) is 3.01. The minimum atomic E-state index is -0.440. The number of methoxy groups -OCH3 is 1. The van der Waals surface area contributed by atoms with E-state index < -0.39 is 5.76 Å². The van der Waals surface area contributed by atoms with Crippen LogP contribution in [-0.2, 0) is 16.1 Å². The Morgan fingerprint density at radius 1 is 1.17 bits per heavy atom. The number of hydrogen-bond acceptors (Lipinski definition) is 5. The molecular formula is C21H23N3O5. The molecule has 29 heavy (non-hydrogen) atoms. The third-order valence-corrected chi connectivity index (χ3v) is 4.51. The van der Waals surface area contributed by atoms with Gasteiger partial charge in [-0.2, -0.15) is 0 Å². The number of para-hydroxylation sites is 2. The maximum absolute atomic E-state index is 12.3. The molecule has 0 unspecified atom stereocenters. The SMILES string of the molecule is COc1cccc(NC(=O)CN(C)C(=O)CCCn2c(=O)oc3ccccc32)c1. The Balaban J connectivity index is 1.49. The maximum Gasteiger partial charge on any atom is 0.419 e. The van der Waals surface area contributed by atoms with Crippen LogP contribution in [0.3, 0.4) is 0 Å². The number of aromatic nitrogens is 1. The number of carbonyl (C=O) groups is 2. The summed E-state index contributed by atoms with van der Waals surface area (Å²) in [7, 11) is 3.13. The van der Waals surface area contributed by atoms with E-state index in [0.29, 0.717) is 35.5 Å². The van der Waals surface area contributed by atoms with Crippen molar-refractivity contribution in [1.82, 2.24) is 9.47 Å². The molecule has 0 spiro atoms. The molecule has 1 heterocycles. The average molecular weight is 397 g/mol. The highest BCUT2D eigenvalue weighted by Crippen LogP contribution is 2.16. The number of benzene rings is 2. The van der Waals surface area contributed by atoms with Gasteiger partial charge in [-0.15, -0.1) is 0 Å². The summed E-state index contributed by atoms with van der Waals surface area (Å²) in [5.74, 6) is -0.281. The minimum absolute atomic E-state index is 0.0648. The molecule has 0 aliphatic rings. The molecule has 0 radical (unpaired) electrons. The van der Waals surface area contributed by atoms with Gasteiger partial charge in [0, 0.05) is 31.8 Å². The Kier molecular flexibility index (Phi) is 6.33. The predicted octanol–water partition coefficient (Wildman–Crippen LogP) is 2.48. The predicted molar refractivity (Wildman–Crippen MR) is 109 cm³/mol. The number of oxazole rings is 1. The molecule has 2 aromatic carbocycles. The molecule has 2 amide bonds. The number of ether oxygens (including phenoxy) is 1. The molecule has 8 heteroatoms. The molecule has 0 atom stereocenters. The lowest BCUT2D eigenvalue weighted by Crippen LogP contribution is -2.35. The first-order chi connectivity index (χ1) is 14.0. The smallest absolute Gasteiger partial charge is 0.419 e. The highest BCUT2D eigenvalue weighted by atomic mass is 16.5. The van der Waals surface area contributed by atoms with Crippen molar-refractivity contribution in [1.29, 1.82) is 0 Å². The largest absolute Gasteiger partial charge is 0.497 e. The number of rotatable bonds is 8.